The topological polar surface area (TPSA) is 78.9 Å². The largest absolute Gasteiger partial charge is 0.462 e. The lowest BCUT2D eigenvalue weighted by Gasteiger charge is -2.18. The van der Waals surface area contributed by atoms with E-state index in [1.54, 1.807) is 0 Å². The Morgan fingerprint density at radius 1 is 0.313 bits per heavy atom. The monoisotopic (exact) mass is 931 g/mol. The van der Waals surface area contributed by atoms with E-state index in [1.165, 1.54) is 109 Å². The molecule has 0 fully saturated rings. The Bertz CT molecular complexity index is 1350. The van der Waals surface area contributed by atoms with Crippen molar-refractivity contribution in [3.63, 3.8) is 0 Å². The zero-order chi connectivity index (χ0) is 48.6. The van der Waals surface area contributed by atoms with E-state index < -0.39 is 12.1 Å². The number of unbranched alkanes of at least 4 members (excludes halogenated alkanes) is 22. The zero-order valence-electron chi connectivity index (χ0n) is 43.6. The Labute approximate surface area is 413 Å². The predicted octanol–water partition coefficient (Wildman–Crippen LogP) is 18.5. The Balaban J connectivity index is 4.40. The van der Waals surface area contributed by atoms with Crippen LogP contribution in [-0.4, -0.2) is 37.2 Å². The summed E-state index contributed by atoms with van der Waals surface area (Å²) in [5, 5.41) is 0. The maximum Gasteiger partial charge on any atom is 0.306 e. The van der Waals surface area contributed by atoms with Gasteiger partial charge in [-0.05, 0) is 109 Å². The van der Waals surface area contributed by atoms with Crippen LogP contribution in [0.25, 0.3) is 0 Å². The van der Waals surface area contributed by atoms with E-state index in [9.17, 15) is 14.4 Å². The summed E-state index contributed by atoms with van der Waals surface area (Å²) in [6.07, 6.45) is 72.7. The quantitative estimate of drug-likeness (QED) is 0.0262. The van der Waals surface area contributed by atoms with Crippen molar-refractivity contribution >= 4 is 17.9 Å². The average Bonchev–Trinajstić information content (AvgIpc) is 3.33. The fourth-order valence-electron chi connectivity index (χ4n) is 7.40. The van der Waals surface area contributed by atoms with Crippen LogP contribution in [0.3, 0.4) is 0 Å². The Kier molecular flexibility index (Phi) is 51.9. The molecule has 67 heavy (non-hydrogen) atoms. The Morgan fingerprint density at radius 3 is 1.00 bits per heavy atom. The van der Waals surface area contributed by atoms with Crippen LogP contribution in [0.5, 0.6) is 0 Å². The lowest BCUT2D eigenvalue weighted by atomic mass is 10.1. The molecule has 382 valence electrons. The van der Waals surface area contributed by atoms with E-state index >= 15 is 0 Å². The van der Waals surface area contributed by atoms with Crippen LogP contribution in [0, 0.1) is 0 Å². The summed E-state index contributed by atoms with van der Waals surface area (Å²) in [7, 11) is 0. The minimum absolute atomic E-state index is 0.113. The van der Waals surface area contributed by atoms with E-state index in [1.807, 2.05) is 12.2 Å². The van der Waals surface area contributed by atoms with Crippen LogP contribution < -0.4 is 0 Å². The minimum atomic E-state index is -0.822. The van der Waals surface area contributed by atoms with Gasteiger partial charge in [0.2, 0.25) is 0 Å². The summed E-state index contributed by atoms with van der Waals surface area (Å²) in [6, 6.07) is 0. The van der Waals surface area contributed by atoms with Gasteiger partial charge in [-0.3, -0.25) is 14.4 Å². The fourth-order valence-corrected chi connectivity index (χ4v) is 7.40. The van der Waals surface area contributed by atoms with Gasteiger partial charge in [-0.25, -0.2) is 0 Å². The van der Waals surface area contributed by atoms with Crippen molar-refractivity contribution in [2.24, 2.45) is 0 Å². The molecule has 0 bridgehead atoms. The third-order valence-electron chi connectivity index (χ3n) is 11.6. The molecule has 0 aliphatic heterocycles. The second-order valence-corrected chi connectivity index (χ2v) is 18.1. The van der Waals surface area contributed by atoms with Crippen LogP contribution in [0.15, 0.2) is 97.2 Å². The van der Waals surface area contributed by atoms with Crippen molar-refractivity contribution in [3.8, 4) is 0 Å². The number of hydrogen-bond donors (Lipinski definition) is 0. The molecule has 0 saturated carbocycles. The Morgan fingerprint density at radius 2 is 0.612 bits per heavy atom. The molecular weight excluding hydrogens is 829 g/mol. The highest BCUT2D eigenvalue weighted by molar-refractivity contribution is 5.71. The van der Waals surface area contributed by atoms with Crippen LogP contribution >= 0.6 is 0 Å². The van der Waals surface area contributed by atoms with E-state index in [-0.39, 0.29) is 31.6 Å². The standard InChI is InChI=1S/C61H102O6/c1-4-7-10-13-16-19-22-25-26-27-28-29-30-31-32-33-34-37-39-42-45-48-51-54-60(63)66-57-58(67-61(64)55-52-49-46-43-40-36-24-21-18-15-12-9-6-3)56-65-59(62)53-50-47-44-41-38-35-23-20-17-14-11-8-5-2/h9,12,18,20-23,25,27-28,30-31,36,40,46,49,58H,4-8,10-11,13-17,19,24,26,29,32-35,37-39,41-45,47-48,50-57H2,1-3H3/b12-9-,21-18-,23-20-,25-22-,28-27-,31-30-,40-36-,49-46-. The summed E-state index contributed by atoms with van der Waals surface area (Å²) in [5.74, 6) is -1.01. The lowest BCUT2D eigenvalue weighted by Crippen LogP contribution is -2.30. The van der Waals surface area contributed by atoms with Crippen LogP contribution in [-0.2, 0) is 28.6 Å². The van der Waals surface area contributed by atoms with Crippen LogP contribution in [0.4, 0.5) is 0 Å². The van der Waals surface area contributed by atoms with Crippen LogP contribution in [0.2, 0.25) is 0 Å². The molecule has 0 N–H and O–H groups in total. The third-order valence-corrected chi connectivity index (χ3v) is 11.6. The average molecular weight is 931 g/mol. The number of ether oxygens (including phenoxy) is 3. The van der Waals surface area contributed by atoms with Crippen molar-refractivity contribution in [2.45, 2.75) is 258 Å². The molecule has 6 heteroatoms. The molecular formula is C61H102O6. The molecule has 0 aliphatic carbocycles. The smallest absolute Gasteiger partial charge is 0.306 e. The first-order valence-corrected chi connectivity index (χ1v) is 27.7. The number of allylic oxidation sites excluding steroid dienone is 16. The van der Waals surface area contributed by atoms with Gasteiger partial charge in [0.15, 0.2) is 6.10 Å². The van der Waals surface area contributed by atoms with Crippen molar-refractivity contribution in [3.05, 3.63) is 97.2 Å². The second kappa shape index (κ2) is 54.9. The molecule has 0 heterocycles. The summed E-state index contributed by atoms with van der Waals surface area (Å²) in [6.45, 7) is 6.42. The van der Waals surface area contributed by atoms with Crippen molar-refractivity contribution < 1.29 is 28.6 Å². The highest BCUT2D eigenvalue weighted by Gasteiger charge is 2.19. The fraction of sp³-hybridized carbons (Fsp3) is 0.689. The number of rotatable bonds is 49. The zero-order valence-corrected chi connectivity index (χ0v) is 43.6. The number of esters is 3. The molecule has 0 radical (unpaired) electrons. The second-order valence-electron chi connectivity index (χ2n) is 18.1. The van der Waals surface area contributed by atoms with Gasteiger partial charge in [0, 0.05) is 19.3 Å². The molecule has 0 rings (SSSR count). The van der Waals surface area contributed by atoms with Crippen molar-refractivity contribution in [2.75, 3.05) is 13.2 Å². The molecule has 0 aromatic heterocycles. The van der Waals surface area contributed by atoms with Crippen LogP contribution in [0.1, 0.15) is 252 Å². The minimum Gasteiger partial charge on any atom is -0.462 e. The lowest BCUT2D eigenvalue weighted by molar-refractivity contribution is -0.166. The highest BCUT2D eigenvalue weighted by Crippen LogP contribution is 2.14. The van der Waals surface area contributed by atoms with Crippen molar-refractivity contribution in [1.82, 2.24) is 0 Å². The number of carbonyl (C=O) groups is 3. The summed E-state index contributed by atoms with van der Waals surface area (Å²) in [4.78, 5) is 38.0. The molecule has 0 aliphatic rings. The van der Waals surface area contributed by atoms with E-state index in [2.05, 4.69) is 106 Å². The first-order valence-electron chi connectivity index (χ1n) is 27.7. The molecule has 1 unspecified atom stereocenters. The summed E-state index contributed by atoms with van der Waals surface area (Å²) >= 11 is 0. The van der Waals surface area contributed by atoms with Gasteiger partial charge in [-0.15, -0.1) is 0 Å². The molecule has 1 atom stereocenters. The summed E-state index contributed by atoms with van der Waals surface area (Å²) < 4.78 is 16.7. The molecule has 0 aromatic carbocycles. The Hall–Kier alpha value is -3.67. The molecule has 0 amide bonds. The van der Waals surface area contributed by atoms with Gasteiger partial charge < -0.3 is 14.2 Å². The van der Waals surface area contributed by atoms with E-state index in [0.717, 1.165) is 96.3 Å². The van der Waals surface area contributed by atoms with Gasteiger partial charge in [0.05, 0.1) is 0 Å². The van der Waals surface area contributed by atoms with E-state index in [0.29, 0.717) is 19.3 Å². The van der Waals surface area contributed by atoms with E-state index in [4.69, 9.17) is 14.2 Å². The number of hydrogen-bond acceptors (Lipinski definition) is 6. The first kappa shape index (κ1) is 63.3. The molecule has 0 saturated heterocycles. The maximum absolute atomic E-state index is 12.8. The maximum atomic E-state index is 12.8. The molecule has 6 nitrogen and oxygen atoms in total. The van der Waals surface area contributed by atoms with Crippen molar-refractivity contribution in [1.29, 1.82) is 0 Å². The normalized spacial score (nSPS) is 12.8. The van der Waals surface area contributed by atoms with Gasteiger partial charge in [-0.2, -0.15) is 0 Å². The third kappa shape index (κ3) is 53.2. The van der Waals surface area contributed by atoms with Gasteiger partial charge in [-0.1, -0.05) is 221 Å². The predicted molar refractivity (Wildman–Crippen MR) is 288 cm³/mol. The van der Waals surface area contributed by atoms with Gasteiger partial charge in [0.1, 0.15) is 13.2 Å². The van der Waals surface area contributed by atoms with Gasteiger partial charge >= 0.3 is 17.9 Å². The SMILES string of the molecule is CC/C=C\C/C=C\C/C=C\C/C=C\CCC(=O)OC(COC(=O)CCCCCCC/C=C\CCCCCC)COC(=O)CCCCCCCCCC/C=C\C/C=C\C/C=C\CCCCCCC. The van der Waals surface area contributed by atoms with Gasteiger partial charge in [0.25, 0.3) is 0 Å². The molecule has 0 spiro atoms. The highest BCUT2D eigenvalue weighted by atomic mass is 16.6. The summed E-state index contributed by atoms with van der Waals surface area (Å²) in [5.41, 5.74) is 0. The number of carbonyl (C=O) groups excluding carboxylic acids is 3. The molecule has 0 aromatic rings. The first-order chi connectivity index (χ1) is 33.0.